The second-order valence-electron chi connectivity index (χ2n) is 3.17. The lowest BCUT2D eigenvalue weighted by atomic mass is 10.2. The first kappa shape index (κ1) is 11.6. The van der Waals surface area contributed by atoms with Crippen molar-refractivity contribution >= 4 is 22.6 Å². The van der Waals surface area contributed by atoms with Crippen LogP contribution in [0.2, 0.25) is 0 Å². The van der Waals surface area contributed by atoms with Crippen molar-refractivity contribution < 1.29 is 4.74 Å². The Balaban J connectivity index is 3.15. The molecule has 0 aliphatic rings. The fraction of sp³-hybridized carbons (Fsp3) is 1.00. The van der Waals surface area contributed by atoms with Gasteiger partial charge in [0.2, 0.25) is 0 Å². The molecule has 0 aromatic rings. The molecule has 68 valence electrons. The summed E-state index contributed by atoms with van der Waals surface area (Å²) in [6, 6.07) is 0. The zero-order chi connectivity index (χ0) is 8.69. The molecule has 11 heavy (non-hydrogen) atoms. The third kappa shape index (κ3) is 8.56. The highest BCUT2D eigenvalue weighted by atomic mass is 127. The van der Waals surface area contributed by atoms with E-state index in [1.165, 1.54) is 0 Å². The molecule has 0 aromatic heterocycles. The van der Waals surface area contributed by atoms with E-state index in [9.17, 15) is 0 Å². The summed E-state index contributed by atoms with van der Waals surface area (Å²) in [6.07, 6.45) is 0. The van der Waals surface area contributed by atoms with Crippen LogP contribution in [-0.4, -0.2) is 36.3 Å². The molecule has 0 rings (SSSR count). The van der Waals surface area contributed by atoms with Crippen molar-refractivity contribution in [3.8, 4) is 0 Å². The summed E-state index contributed by atoms with van der Waals surface area (Å²) in [5, 5.41) is 0. The van der Waals surface area contributed by atoms with Gasteiger partial charge in [-0.05, 0) is 13.0 Å². The molecule has 2 nitrogen and oxygen atoms in total. The van der Waals surface area contributed by atoms with E-state index in [-0.39, 0.29) is 0 Å². The van der Waals surface area contributed by atoms with Crippen LogP contribution in [0.25, 0.3) is 0 Å². The maximum absolute atomic E-state index is 5.23. The molecule has 0 heterocycles. The molecule has 0 bridgehead atoms. The van der Waals surface area contributed by atoms with Crippen LogP contribution in [0.4, 0.5) is 0 Å². The van der Waals surface area contributed by atoms with E-state index in [4.69, 9.17) is 4.74 Å². The fourth-order valence-corrected chi connectivity index (χ4v) is 1.30. The van der Waals surface area contributed by atoms with Crippen LogP contribution < -0.4 is 0 Å². The van der Waals surface area contributed by atoms with E-state index in [1.807, 2.05) is 0 Å². The number of alkyl halides is 1. The van der Waals surface area contributed by atoms with Crippen LogP contribution in [0.3, 0.4) is 0 Å². The summed E-state index contributed by atoms with van der Waals surface area (Å²) in [6.45, 7) is 7.52. The van der Waals surface area contributed by atoms with E-state index >= 15 is 0 Å². The topological polar surface area (TPSA) is 12.5 Å². The summed E-state index contributed by atoms with van der Waals surface area (Å²) in [4.78, 5) is 2.30. The minimum Gasteiger partial charge on any atom is -0.370 e. The standard InChI is InChI=1S/C8H18INO/c1-8(2)6-10(3)4-5-11-7-9/h8H,4-7H2,1-3H3. The Morgan fingerprint density at radius 2 is 2.09 bits per heavy atom. The molecule has 0 fully saturated rings. The van der Waals surface area contributed by atoms with Crippen molar-refractivity contribution in [3.63, 3.8) is 0 Å². The summed E-state index contributed by atoms with van der Waals surface area (Å²) >= 11 is 2.22. The highest BCUT2D eigenvalue weighted by Gasteiger charge is 1.99. The second kappa shape index (κ2) is 7.31. The monoisotopic (exact) mass is 271 g/mol. The Morgan fingerprint density at radius 3 is 2.55 bits per heavy atom. The van der Waals surface area contributed by atoms with Gasteiger partial charge in [-0.2, -0.15) is 0 Å². The normalized spacial score (nSPS) is 11.5. The quantitative estimate of drug-likeness (QED) is 0.416. The van der Waals surface area contributed by atoms with Crippen LogP contribution in [0.15, 0.2) is 0 Å². The number of halogens is 1. The first-order valence-corrected chi connectivity index (χ1v) is 5.51. The molecule has 0 atom stereocenters. The SMILES string of the molecule is CC(C)CN(C)CCOCI. The Labute approximate surface area is 83.4 Å². The van der Waals surface area contributed by atoms with Crippen molar-refractivity contribution in [2.75, 3.05) is 31.4 Å². The molecule has 0 aromatic carbocycles. The van der Waals surface area contributed by atoms with Gasteiger partial charge in [-0.25, -0.2) is 0 Å². The summed E-state index contributed by atoms with van der Waals surface area (Å²) in [7, 11) is 2.14. The summed E-state index contributed by atoms with van der Waals surface area (Å²) in [5.41, 5.74) is 0. The van der Waals surface area contributed by atoms with Gasteiger partial charge in [0.1, 0.15) is 0 Å². The Bertz CT molecular complexity index is 88.2. The number of ether oxygens (including phenoxy) is 1. The Morgan fingerprint density at radius 1 is 1.45 bits per heavy atom. The number of likely N-dealkylation sites (N-methyl/N-ethyl adjacent to an activating group) is 1. The van der Waals surface area contributed by atoms with Gasteiger partial charge in [0.15, 0.2) is 0 Å². The molecule has 0 radical (unpaired) electrons. The first-order valence-electron chi connectivity index (χ1n) is 3.99. The largest absolute Gasteiger partial charge is 0.370 e. The molecule has 3 heteroatoms. The van der Waals surface area contributed by atoms with Gasteiger partial charge in [-0.15, -0.1) is 0 Å². The predicted molar refractivity (Wildman–Crippen MR) is 57.2 cm³/mol. The molecule has 0 N–H and O–H groups in total. The molecule has 0 unspecified atom stereocenters. The highest BCUT2D eigenvalue weighted by Crippen LogP contribution is 1.95. The summed E-state index contributed by atoms with van der Waals surface area (Å²) < 4.78 is 6.03. The maximum atomic E-state index is 5.23. The minimum absolute atomic E-state index is 0.750. The molecule has 0 saturated heterocycles. The molecule has 0 saturated carbocycles. The number of nitrogens with zero attached hydrogens (tertiary/aromatic N) is 1. The molecular weight excluding hydrogens is 253 g/mol. The summed E-state index contributed by atoms with van der Waals surface area (Å²) in [5.74, 6) is 0.750. The van der Waals surface area contributed by atoms with Crippen molar-refractivity contribution in [2.24, 2.45) is 5.92 Å². The van der Waals surface area contributed by atoms with Crippen molar-refractivity contribution in [1.82, 2.24) is 4.90 Å². The van der Waals surface area contributed by atoms with Crippen molar-refractivity contribution in [3.05, 3.63) is 0 Å². The van der Waals surface area contributed by atoms with E-state index < -0.39 is 0 Å². The van der Waals surface area contributed by atoms with Crippen LogP contribution in [-0.2, 0) is 4.74 Å². The lowest BCUT2D eigenvalue weighted by Gasteiger charge is -2.18. The fourth-order valence-electron chi connectivity index (χ4n) is 0.990. The van der Waals surface area contributed by atoms with Crippen LogP contribution in [0.5, 0.6) is 0 Å². The molecule has 0 aliphatic carbocycles. The van der Waals surface area contributed by atoms with Crippen molar-refractivity contribution in [1.29, 1.82) is 0 Å². The molecule has 0 spiro atoms. The first-order chi connectivity index (χ1) is 5.16. The van der Waals surface area contributed by atoms with Gasteiger partial charge in [0, 0.05) is 13.1 Å². The Hall–Kier alpha value is 0.650. The molecule has 0 aliphatic heterocycles. The van der Waals surface area contributed by atoms with Crippen LogP contribution >= 0.6 is 22.6 Å². The zero-order valence-electron chi connectivity index (χ0n) is 7.64. The third-order valence-electron chi connectivity index (χ3n) is 1.37. The van der Waals surface area contributed by atoms with E-state index in [0.29, 0.717) is 0 Å². The number of hydrogen-bond donors (Lipinski definition) is 0. The van der Waals surface area contributed by atoms with E-state index in [2.05, 4.69) is 48.4 Å². The number of hydrogen-bond acceptors (Lipinski definition) is 2. The third-order valence-corrected chi connectivity index (χ3v) is 1.81. The average molecular weight is 271 g/mol. The highest BCUT2D eigenvalue weighted by molar-refractivity contribution is 14.1. The molecule has 0 amide bonds. The lowest BCUT2D eigenvalue weighted by molar-refractivity contribution is 0.150. The van der Waals surface area contributed by atoms with Gasteiger partial charge < -0.3 is 9.64 Å². The molecular formula is C8H18INO. The van der Waals surface area contributed by atoms with Gasteiger partial charge in [-0.3, -0.25) is 0 Å². The lowest BCUT2D eigenvalue weighted by Crippen LogP contribution is -2.26. The average Bonchev–Trinajstić information content (AvgIpc) is 1.86. The van der Waals surface area contributed by atoms with Crippen LogP contribution in [0.1, 0.15) is 13.8 Å². The maximum Gasteiger partial charge on any atom is 0.0979 e. The zero-order valence-corrected chi connectivity index (χ0v) is 9.80. The number of rotatable bonds is 6. The van der Waals surface area contributed by atoms with E-state index in [0.717, 1.165) is 30.2 Å². The van der Waals surface area contributed by atoms with Gasteiger partial charge >= 0.3 is 0 Å². The van der Waals surface area contributed by atoms with Gasteiger partial charge in [0.05, 0.1) is 11.2 Å². The van der Waals surface area contributed by atoms with Crippen molar-refractivity contribution in [2.45, 2.75) is 13.8 Å². The van der Waals surface area contributed by atoms with Crippen LogP contribution in [0, 0.1) is 5.92 Å². The predicted octanol–water partition coefficient (Wildman–Crippen LogP) is 1.98. The minimum atomic E-state index is 0.750. The van der Waals surface area contributed by atoms with Gasteiger partial charge in [0.25, 0.3) is 0 Å². The van der Waals surface area contributed by atoms with E-state index in [1.54, 1.807) is 0 Å². The smallest absolute Gasteiger partial charge is 0.0979 e. The van der Waals surface area contributed by atoms with Gasteiger partial charge in [-0.1, -0.05) is 36.4 Å². The second-order valence-corrected chi connectivity index (χ2v) is 3.80. The Kier molecular flexibility index (Phi) is 7.74.